The van der Waals surface area contributed by atoms with E-state index in [1.165, 1.54) is 6.21 Å². The molecule has 0 aliphatic carbocycles. The van der Waals surface area contributed by atoms with Crippen molar-refractivity contribution in [2.75, 3.05) is 32.7 Å². The molecule has 0 bridgehead atoms. The predicted molar refractivity (Wildman–Crippen MR) is 165 cm³/mol. The number of rotatable bonds is 12. The highest BCUT2D eigenvalue weighted by atomic mass is 35.5. The van der Waals surface area contributed by atoms with E-state index in [-0.39, 0.29) is 18.2 Å². The number of hydrazone groups is 1. The van der Waals surface area contributed by atoms with Crippen molar-refractivity contribution >= 4 is 23.7 Å². The van der Waals surface area contributed by atoms with Crippen molar-refractivity contribution in [3.05, 3.63) is 107 Å². The summed E-state index contributed by atoms with van der Waals surface area (Å²) in [6, 6.07) is 20.5. The van der Waals surface area contributed by atoms with Crippen LogP contribution in [0.3, 0.4) is 0 Å². The van der Waals surface area contributed by atoms with Crippen LogP contribution in [-0.2, 0) is 24.4 Å². The minimum Gasteiger partial charge on any atom is -0.507 e. The lowest BCUT2D eigenvalue weighted by Crippen LogP contribution is -2.48. The van der Waals surface area contributed by atoms with Crippen LogP contribution in [0.1, 0.15) is 22.6 Å². The first-order valence-corrected chi connectivity index (χ1v) is 14.3. The molecule has 0 unspecified atom stereocenters. The molecular formula is C32H33ClN6O4. The first-order chi connectivity index (χ1) is 21.0. The summed E-state index contributed by atoms with van der Waals surface area (Å²) in [4.78, 5) is 21.3. The molecule has 1 aliphatic heterocycles. The molecule has 2 heterocycles. The Morgan fingerprint density at radius 3 is 2.56 bits per heavy atom. The molecule has 0 atom stereocenters. The average Bonchev–Trinajstić information content (AvgIpc) is 3.48. The Labute approximate surface area is 255 Å². The Morgan fingerprint density at radius 1 is 1.07 bits per heavy atom. The van der Waals surface area contributed by atoms with Gasteiger partial charge in [-0.15, -0.1) is 6.58 Å². The van der Waals surface area contributed by atoms with E-state index in [4.69, 9.17) is 20.9 Å². The van der Waals surface area contributed by atoms with Crippen molar-refractivity contribution in [3.8, 4) is 22.9 Å². The number of para-hydroxylation sites is 1. The molecule has 1 fully saturated rings. The molecule has 0 spiro atoms. The monoisotopic (exact) mass is 600 g/mol. The first-order valence-electron chi connectivity index (χ1n) is 14.0. The number of aromatic hydroxyl groups is 1. The summed E-state index contributed by atoms with van der Waals surface area (Å²) in [6.07, 6.45) is 3.72. The van der Waals surface area contributed by atoms with Crippen LogP contribution in [0, 0.1) is 0 Å². The maximum absolute atomic E-state index is 12.4. The van der Waals surface area contributed by atoms with Crippen molar-refractivity contribution in [3.63, 3.8) is 0 Å². The zero-order valence-corrected chi connectivity index (χ0v) is 24.4. The minimum absolute atomic E-state index is 0.138. The molecule has 0 saturated carbocycles. The quantitative estimate of drug-likeness (QED) is 0.137. The lowest BCUT2D eigenvalue weighted by atomic mass is 10.1. The normalized spacial score (nSPS) is 14.2. The number of piperazine rings is 1. The Hall–Kier alpha value is -4.51. The highest BCUT2D eigenvalue weighted by molar-refractivity contribution is 6.30. The van der Waals surface area contributed by atoms with Crippen LogP contribution in [-0.4, -0.2) is 69.9 Å². The van der Waals surface area contributed by atoms with Gasteiger partial charge in [-0.3, -0.25) is 14.6 Å². The number of carbonyl (C=O) groups excluding carboxylic acids is 1. The maximum Gasteiger partial charge on any atom is 0.254 e. The second kappa shape index (κ2) is 14.6. The van der Waals surface area contributed by atoms with Gasteiger partial charge in [0.2, 0.25) is 11.7 Å². The molecule has 1 aliphatic rings. The predicted octanol–water partition coefficient (Wildman–Crippen LogP) is 4.67. The summed E-state index contributed by atoms with van der Waals surface area (Å²) < 4.78 is 11.3. The largest absolute Gasteiger partial charge is 0.507 e. The minimum atomic E-state index is -0.212. The molecule has 5 rings (SSSR count). The number of halogens is 1. The number of hydrogen-bond acceptors (Lipinski definition) is 9. The van der Waals surface area contributed by atoms with E-state index in [0.717, 1.165) is 48.6 Å². The van der Waals surface area contributed by atoms with E-state index in [0.29, 0.717) is 41.9 Å². The molecule has 10 nitrogen and oxygen atoms in total. The van der Waals surface area contributed by atoms with Gasteiger partial charge in [-0.25, -0.2) is 5.43 Å². The Balaban J connectivity index is 1.03. The fraction of sp³-hybridized carbons (Fsp3) is 0.250. The van der Waals surface area contributed by atoms with Gasteiger partial charge in [-0.1, -0.05) is 59.2 Å². The number of nitrogens with one attached hydrogen (secondary N) is 1. The van der Waals surface area contributed by atoms with E-state index in [1.807, 2.05) is 48.5 Å². The van der Waals surface area contributed by atoms with Crippen molar-refractivity contribution in [2.45, 2.75) is 19.6 Å². The van der Waals surface area contributed by atoms with Gasteiger partial charge in [0.1, 0.15) is 18.1 Å². The fourth-order valence-corrected chi connectivity index (χ4v) is 4.75. The molecule has 1 aromatic heterocycles. The molecule has 3 aromatic carbocycles. The van der Waals surface area contributed by atoms with Gasteiger partial charge < -0.3 is 14.4 Å². The summed E-state index contributed by atoms with van der Waals surface area (Å²) in [6.45, 7) is 7.89. The summed E-state index contributed by atoms with van der Waals surface area (Å²) >= 11 is 5.92. The number of ether oxygens (including phenoxy) is 1. The number of carbonyl (C=O) groups is 1. The topological polar surface area (TPSA) is 116 Å². The number of benzene rings is 3. The third kappa shape index (κ3) is 8.51. The van der Waals surface area contributed by atoms with Crippen molar-refractivity contribution in [2.24, 2.45) is 5.10 Å². The molecule has 43 heavy (non-hydrogen) atoms. The summed E-state index contributed by atoms with van der Waals surface area (Å²) in [5.74, 6) is 1.77. The molecule has 1 saturated heterocycles. The summed E-state index contributed by atoms with van der Waals surface area (Å²) in [5, 5.41) is 19.2. The van der Waals surface area contributed by atoms with Gasteiger partial charge >= 0.3 is 0 Å². The van der Waals surface area contributed by atoms with Crippen LogP contribution < -0.4 is 10.2 Å². The molecule has 11 heteroatoms. The molecular weight excluding hydrogens is 568 g/mol. The van der Waals surface area contributed by atoms with Crippen molar-refractivity contribution in [1.82, 2.24) is 25.4 Å². The number of amides is 1. The zero-order chi connectivity index (χ0) is 30.0. The van der Waals surface area contributed by atoms with E-state index in [9.17, 15) is 9.90 Å². The van der Waals surface area contributed by atoms with E-state index < -0.39 is 0 Å². The van der Waals surface area contributed by atoms with E-state index in [2.05, 4.69) is 37.0 Å². The third-order valence-electron chi connectivity index (χ3n) is 7.00. The number of phenolic OH excluding ortho intramolecular Hbond substituents is 1. The van der Waals surface area contributed by atoms with Crippen LogP contribution in [0.5, 0.6) is 11.5 Å². The number of phenols is 1. The molecule has 0 radical (unpaired) electrons. The number of aromatic nitrogens is 2. The van der Waals surface area contributed by atoms with Crippen LogP contribution in [0.2, 0.25) is 5.02 Å². The van der Waals surface area contributed by atoms with Gasteiger partial charge in [0.15, 0.2) is 0 Å². The van der Waals surface area contributed by atoms with Crippen LogP contribution in [0.15, 0.2) is 89.0 Å². The Bertz CT molecular complexity index is 1550. The number of allylic oxidation sites excluding steroid dienone is 1. The first kappa shape index (κ1) is 30.0. The smallest absolute Gasteiger partial charge is 0.254 e. The van der Waals surface area contributed by atoms with E-state index in [1.54, 1.807) is 24.3 Å². The van der Waals surface area contributed by atoms with E-state index >= 15 is 0 Å². The van der Waals surface area contributed by atoms with Gasteiger partial charge in [0.05, 0.1) is 19.3 Å². The number of nitrogens with zero attached hydrogens (tertiary/aromatic N) is 5. The SMILES string of the molecule is C=CCc1cccc(C=NNC(=O)CN2CCN(Cc3nc(-c4ccc(COc5ccc(Cl)cc5)cc4)no3)CC2)c1O. The Kier molecular flexibility index (Phi) is 10.2. The van der Waals surface area contributed by atoms with Crippen molar-refractivity contribution in [1.29, 1.82) is 0 Å². The highest BCUT2D eigenvalue weighted by Gasteiger charge is 2.21. The van der Waals surface area contributed by atoms with Gasteiger partial charge in [0.25, 0.3) is 5.91 Å². The number of hydrogen-bond donors (Lipinski definition) is 2. The maximum atomic E-state index is 12.4. The summed E-state index contributed by atoms with van der Waals surface area (Å²) in [7, 11) is 0. The zero-order valence-electron chi connectivity index (χ0n) is 23.7. The summed E-state index contributed by atoms with van der Waals surface area (Å²) in [5.41, 5.74) is 5.72. The van der Waals surface area contributed by atoms with Crippen molar-refractivity contribution < 1.29 is 19.2 Å². The van der Waals surface area contributed by atoms with Crippen LogP contribution in [0.25, 0.3) is 11.4 Å². The second-order valence-electron chi connectivity index (χ2n) is 10.1. The lowest BCUT2D eigenvalue weighted by Gasteiger charge is -2.33. The standard InChI is InChI=1S/C32H33ClN6O4/c1-2-4-24-5-3-6-26(31(24)41)19-34-36-29(40)20-38-15-17-39(18-16-38)21-30-35-32(37-43-30)25-9-7-23(8-10-25)22-42-28-13-11-27(33)12-14-28/h2-3,5-14,19,41H,1,4,15-18,20-22H2,(H,36,40). The lowest BCUT2D eigenvalue weighted by molar-refractivity contribution is -0.122. The average molecular weight is 601 g/mol. The van der Waals surface area contributed by atoms with Crippen LogP contribution >= 0.6 is 11.6 Å². The van der Waals surface area contributed by atoms with Gasteiger partial charge in [-0.05, 0) is 47.9 Å². The van der Waals surface area contributed by atoms with Gasteiger partial charge in [0, 0.05) is 42.3 Å². The third-order valence-corrected chi connectivity index (χ3v) is 7.25. The van der Waals surface area contributed by atoms with Gasteiger partial charge in [-0.2, -0.15) is 10.1 Å². The molecule has 2 N–H and O–H groups in total. The second-order valence-corrected chi connectivity index (χ2v) is 10.6. The fourth-order valence-electron chi connectivity index (χ4n) is 4.63. The molecule has 1 amide bonds. The Morgan fingerprint density at radius 2 is 1.81 bits per heavy atom. The molecule has 222 valence electrons. The van der Waals surface area contributed by atoms with Crippen LogP contribution in [0.4, 0.5) is 0 Å². The highest BCUT2D eigenvalue weighted by Crippen LogP contribution is 2.22. The molecule has 4 aromatic rings.